The van der Waals surface area contributed by atoms with Gasteiger partial charge in [-0.2, -0.15) is 0 Å². The zero-order valence-corrected chi connectivity index (χ0v) is 20.2. The number of ether oxygens (including phenoxy) is 5. The number of amides is 1. The number of hydrogen-bond donors (Lipinski definition) is 0. The molecule has 192 valence electrons. The van der Waals surface area contributed by atoms with Gasteiger partial charge in [-0.05, 0) is 59.7 Å². The summed E-state index contributed by atoms with van der Waals surface area (Å²) in [6.45, 7) is 3.84. The van der Waals surface area contributed by atoms with Crippen LogP contribution in [-0.4, -0.2) is 55.7 Å². The molecule has 8 nitrogen and oxygen atoms in total. The Hall–Kier alpha value is -3.66. The molecule has 0 atom stereocenters. The number of nitrogens with zero attached hydrogens (tertiary/aromatic N) is 2. The molecular weight excluding hydrogens is 479 g/mol. The SMILES string of the molecule is O=C(Oc1ccc(F)cc1)N1CCN(C(c2ccc3c(c2)COCO3)c2ccc3c(c2)COCO3)CC1. The molecule has 1 fully saturated rings. The minimum absolute atomic E-state index is 0.0466. The van der Waals surface area contributed by atoms with Gasteiger partial charge in [0, 0.05) is 37.3 Å². The maximum absolute atomic E-state index is 13.2. The van der Waals surface area contributed by atoms with Crippen LogP contribution in [0.4, 0.5) is 9.18 Å². The number of rotatable bonds is 4. The van der Waals surface area contributed by atoms with Crippen molar-refractivity contribution in [1.82, 2.24) is 9.80 Å². The third-order valence-electron chi connectivity index (χ3n) is 6.87. The molecular formula is C28H27FN2O6. The van der Waals surface area contributed by atoms with Gasteiger partial charge in [-0.25, -0.2) is 9.18 Å². The quantitative estimate of drug-likeness (QED) is 0.517. The number of halogens is 1. The maximum atomic E-state index is 13.2. The van der Waals surface area contributed by atoms with E-state index in [2.05, 4.69) is 29.2 Å². The van der Waals surface area contributed by atoms with Gasteiger partial charge in [-0.15, -0.1) is 0 Å². The summed E-state index contributed by atoms with van der Waals surface area (Å²) >= 11 is 0. The minimum atomic E-state index is -0.436. The fourth-order valence-corrected chi connectivity index (χ4v) is 5.00. The summed E-state index contributed by atoms with van der Waals surface area (Å²) in [6.07, 6.45) is -0.436. The Morgan fingerprint density at radius 3 is 1.92 bits per heavy atom. The number of fused-ring (bicyclic) bond motifs is 2. The van der Waals surface area contributed by atoms with E-state index in [1.54, 1.807) is 4.90 Å². The minimum Gasteiger partial charge on any atom is -0.467 e. The Morgan fingerprint density at radius 2 is 1.35 bits per heavy atom. The van der Waals surface area contributed by atoms with Gasteiger partial charge in [0.25, 0.3) is 0 Å². The molecule has 0 unspecified atom stereocenters. The number of benzene rings is 3. The van der Waals surface area contributed by atoms with Crippen molar-refractivity contribution >= 4 is 6.09 Å². The Labute approximate surface area is 214 Å². The summed E-state index contributed by atoms with van der Waals surface area (Å²) < 4.78 is 40.9. The summed E-state index contributed by atoms with van der Waals surface area (Å²) in [5.74, 6) is 1.63. The molecule has 0 N–H and O–H groups in total. The summed E-state index contributed by atoms with van der Waals surface area (Å²) in [5, 5.41) is 0. The average molecular weight is 507 g/mol. The normalized spacial score (nSPS) is 17.4. The standard InChI is InChI=1S/C28H27FN2O6/c29-23-3-5-24(6-4-23)37-28(32)31-11-9-30(10-12-31)27(19-1-7-25-21(13-19)15-33-17-35-25)20-2-8-26-22(14-20)16-34-18-36-26/h1-8,13-14,27H,9-12,15-18H2. The smallest absolute Gasteiger partial charge is 0.415 e. The lowest BCUT2D eigenvalue weighted by molar-refractivity contribution is -0.0165. The van der Waals surface area contributed by atoms with Crippen LogP contribution in [0, 0.1) is 5.82 Å². The van der Waals surface area contributed by atoms with E-state index in [0.29, 0.717) is 45.1 Å². The molecule has 1 saturated heterocycles. The maximum Gasteiger partial charge on any atom is 0.415 e. The van der Waals surface area contributed by atoms with Crippen LogP contribution in [0.15, 0.2) is 60.7 Å². The van der Waals surface area contributed by atoms with Gasteiger partial charge in [-0.3, -0.25) is 4.90 Å². The van der Waals surface area contributed by atoms with Crippen molar-refractivity contribution in [1.29, 1.82) is 0 Å². The summed E-state index contributed by atoms with van der Waals surface area (Å²) in [6, 6.07) is 17.9. The highest BCUT2D eigenvalue weighted by molar-refractivity contribution is 5.70. The fraction of sp³-hybridized carbons (Fsp3) is 0.321. The van der Waals surface area contributed by atoms with Gasteiger partial charge in [0.1, 0.15) is 23.1 Å². The Morgan fingerprint density at radius 1 is 0.784 bits per heavy atom. The number of hydrogen-bond acceptors (Lipinski definition) is 7. The summed E-state index contributed by atoms with van der Waals surface area (Å²) in [4.78, 5) is 16.8. The largest absolute Gasteiger partial charge is 0.467 e. The second-order valence-corrected chi connectivity index (χ2v) is 9.20. The average Bonchev–Trinajstić information content (AvgIpc) is 2.94. The van der Waals surface area contributed by atoms with Crippen LogP contribution in [0.1, 0.15) is 28.3 Å². The van der Waals surface area contributed by atoms with E-state index in [0.717, 1.165) is 33.8 Å². The number of carbonyl (C=O) groups excluding carboxylic acids is 1. The molecule has 3 aliphatic rings. The van der Waals surface area contributed by atoms with E-state index in [4.69, 9.17) is 23.7 Å². The Balaban J connectivity index is 1.23. The van der Waals surface area contributed by atoms with Crippen LogP contribution in [0.25, 0.3) is 0 Å². The van der Waals surface area contributed by atoms with Crippen molar-refractivity contribution in [2.75, 3.05) is 39.8 Å². The molecule has 9 heteroatoms. The van der Waals surface area contributed by atoms with Gasteiger partial charge in [0.05, 0.1) is 19.3 Å². The van der Waals surface area contributed by atoms with Gasteiger partial charge in [0.2, 0.25) is 0 Å². The molecule has 0 bridgehead atoms. The summed E-state index contributed by atoms with van der Waals surface area (Å²) in [7, 11) is 0. The van der Waals surface area contributed by atoms with E-state index in [9.17, 15) is 9.18 Å². The molecule has 0 spiro atoms. The number of carbonyl (C=O) groups is 1. The van der Waals surface area contributed by atoms with Crippen LogP contribution in [0.2, 0.25) is 0 Å². The second kappa shape index (κ2) is 10.4. The third kappa shape index (κ3) is 5.11. The molecule has 3 aromatic carbocycles. The molecule has 37 heavy (non-hydrogen) atoms. The number of piperazine rings is 1. The highest BCUT2D eigenvalue weighted by Crippen LogP contribution is 2.36. The van der Waals surface area contributed by atoms with Crippen LogP contribution >= 0.6 is 0 Å². The third-order valence-corrected chi connectivity index (χ3v) is 6.87. The lowest BCUT2D eigenvalue weighted by atomic mass is 9.93. The van der Waals surface area contributed by atoms with Crippen LogP contribution in [0.3, 0.4) is 0 Å². The van der Waals surface area contributed by atoms with Gasteiger partial charge >= 0.3 is 6.09 Å². The van der Waals surface area contributed by atoms with Crippen LogP contribution < -0.4 is 14.2 Å². The first-order valence-corrected chi connectivity index (χ1v) is 12.3. The van der Waals surface area contributed by atoms with E-state index in [-0.39, 0.29) is 25.4 Å². The Bertz CT molecular complexity index is 1220. The van der Waals surface area contributed by atoms with Crippen molar-refractivity contribution in [3.63, 3.8) is 0 Å². The van der Waals surface area contributed by atoms with Crippen molar-refractivity contribution in [3.05, 3.63) is 88.7 Å². The monoisotopic (exact) mass is 506 g/mol. The molecule has 0 saturated carbocycles. The van der Waals surface area contributed by atoms with E-state index < -0.39 is 6.09 Å². The molecule has 3 aromatic rings. The lowest BCUT2D eigenvalue weighted by Crippen LogP contribution is -2.50. The molecule has 0 aliphatic carbocycles. The van der Waals surface area contributed by atoms with E-state index in [1.165, 1.54) is 24.3 Å². The van der Waals surface area contributed by atoms with Gasteiger partial charge < -0.3 is 28.6 Å². The molecule has 3 aliphatic heterocycles. The van der Waals surface area contributed by atoms with Crippen LogP contribution in [0.5, 0.6) is 17.2 Å². The van der Waals surface area contributed by atoms with Crippen molar-refractivity contribution in [2.24, 2.45) is 0 Å². The second-order valence-electron chi connectivity index (χ2n) is 9.20. The van der Waals surface area contributed by atoms with Crippen molar-refractivity contribution < 1.29 is 32.9 Å². The highest BCUT2D eigenvalue weighted by Gasteiger charge is 2.30. The Kier molecular flexibility index (Phi) is 6.65. The summed E-state index contributed by atoms with van der Waals surface area (Å²) in [5.41, 5.74) is 4.26. The topological polar surface area (TPSA) is 69.7 Å². The molecule has 6 rings (SSSR count). The first-order valence-electron chi connectivity index (χ1n) is 12.3. The first kappa shape index (κ1) is 23.7. The van der Waals surface area contributed by atoms with Gasteiger partial charge in [0.15, 0.2) is 13.6 Å². The molecule has 3 heterocycles. The zero-order chi connectivity index (χ0) is 25.2. The predicted octanol–water partition coefficient (Wildman–Crippen LogP) is 4.46. The molecule has 0 aromatic heterocycles. The predicted molar refractivity (Wildman–Crippen MR) is 131 cm³/mol. The lowest BCUT2D eigenvalue weighted by Gasteiger charge is -2.39. The first-order chi connectivity index (χ1) is 18.1. The molecule has 0 radical (unpaired) electrons. The van der Waals surface area contributed by atoms with E-state index >= 15 is 0 Å². The van der Waals surface area contributed by atoms with Crippen molar-refractivity contribution in [3.8, 4) is 17.2 Å². The molecule has 1 amide bonds. The zero-order valence-electron chi connectivity index (χ0n) is 20.2. The van der Waals surface area contributed by atoms with Gasteiger partial charge in [-0.1, -0.05) is 12.1 Å². The fourth-order valence-electron chi connectivity index (χ4n) is 5.00. The highest BCUT2D eigenvalue weighted by atomic mass is 19.1. The van der Waals surface area contributed by atoms with Crippen molar-refractivity contribution in [2.45, 2.75) is 19.3 Å². The van der Waals surface area contributed by atoms with Crippen LogP contribution in [-0.2, 0) is 22.7 Å². The van der Waals surface area contributed by atoms with E-state index in [1.807, 2.05) is 12.1 Å².